The van der Waals surface area contributed by atoms with Crippen molar-refractivity contribution in [3.8, 4) is 5.75 Å². The van der Waals surface area contributed by atoms with Crippen molar-refractivity contribution < 1.29 is 9.84 Å². The molecule has 2 atom stereocenters. The summed E-state index contributed by atoms with van der Waals surface area (Å²) in [6.45, 7) is 6.88. The van der Waals surface area contributed by atoms with Crippen LogP contribution in [0.3, 0.4) is 0 Å². The normalized spacial score (nSPS) is 21.1. The number of ether oxygens (including phenoxy) is 1. The van der Waals surface area contributed by atoms with Gasteiger partial charge in [-0.05, 0) is 50.8 Å². The van der Waals surface area contributed by atoms with Crippen LogP contribution in [0.5, 0.6) is 5.75 Å². The predicted octanol–water partition coefficient (Wildman–Crippen LogP) is 2.78. The lowest BCUT2D eigenvalue weighted by Crippen LogP contribution is -2.22. The Morgan fingerprint density at radius 3 is 3.00 bits per heavy atom. The number of nitrogens with one attached hydrogen (secondary N) is 1. The summed E-state index contributed by atoms with van der Waals surface area (Å²) in [5.74, 6) is 1.09. The molecule has 0 radical (unpaired) electrons. The van der Waals surface area contributed by atoms with E-state index in [-0.39, 0.29) is 6.04 Å². The van der Waals surface area contributed by atoms with E-state index in [4.69, 9.17) is 4.74 Å². The summed E-state index contributed by atoms with van der Waals surface area (Å²) in [6.07, 6.45) is 2.34. The second-order valence-electron chi connectivity index (χ2n) is 5.26. The molecule has 2 unspecified atom stereocenters. The molecular formula is C15H23NO2. The number of hydrogen-bond acceptors (Lipinski definition) is 3. The first-order valence-corrected chi connectivity index (χ1v) is 6.77. The van der Waals surface area contributed by atoms with Gasteiger partial charge in [-0.25, -0.2) is 0 Å². The van der Waals surface area contributed by atoms with Crippen LogP contribution in [-0.4, -0.2) is 24.9 Å². The fraction of sp³-hybridized carbons (Fsp3) is 0.600. The van der Waals surface area contributed by atoms with Crippen molar-refractivity contribution in [1.29, 1.82) is 0 Å². The maximum absolute atomic E-state index is 9.91. The van der Waals surface area contributed by atoms with E-state index >= 15 is 0 Å². The fourth-order valence-corrected chi connectivity index (χ4v) is 2.44. The molecule has 0 aliphatic carbocycles. The van der Waals surface area contributed by atoms with E-state index in [2.05, 4.69) is 12.2 Å². The Balaban J connectivity index is 1.81. The van der Waals surface area contributed by atoms with Gasteiger partial charge in [0.2, 0.25) is 0 Å². The number of phenols is 1. The highest BCUT2D eigenvalue weighted by Gasteiger charge is 2.16. The number of aryl methyl sites for hydroxylation is 1. The van der Waals surface area contributed by atoms with Crippen molar-refractivity contribution in [3.63, 3.8) is 0 Å². The highest BCUT2D eigenvalue weighted by molar-refractivity contribution is 5.37. The van der Waals surface area contributed by atoms with E-state index in [9.17, 15) is 5.11 Å². The molecule has 1 aliphatic heterocycles. The van der Waals surface area contributed by atoms with Crippen LogP contribution < -0.4 is 5.32 Å². The number of hydrogen-bond donors (Lipinski definition) is 2. The minimum Gasteiger partial charge on any atom is -0.508 e. The van der Waals surface area contributed by atoms with Gasteiger partial charge < -0.3 is 15.2 Å². The highest BCUT2D eigenvalue weighted by Crippen LogP contribution is 2.25. The fourth-order valence-electron chi connectivity index (χ4n) is 2.44. The smallest absolute Gasteiger partial charge is 0.120 e. The number of phenolic OH excluding ortho intramolecular Hbond substituents is 1. The Labute approximate surface area is 109 Å². The molecular weight excluding hydrogens is 226 g/mol. The van der Waals surface area contributed by atoms with Crippen LogP contribution in [0.4, 0.5) is 0 Å². The molecule has 100 valence electrons. The van der Waals surface area contributed by atoms with Crippen molar-refractivity contribution in [3.05, 3.63) is 29.3 Å². The van der Waals surface area contributed by atoms with Gasteiger partial charge in [0.1, 0.15) is 5.75 Å². The molecule has 0 spiro atoms. The summed E-state index contributed by atoms with van der Waals surface area (Å²) in [6, 6.07) is 6.05. The Kier molecular flexibility index (Phi) is 4.61. The van der Waals surface area contributed by atoms with Crippen LogP contribution in [0.15, 0.2) is 18.2 Å². The van der Waals surface area contributed by atoms with Crippen molar-refractivity contribution in [1.82, 2.24) is 5.32 Å². The second kappa shape index (κ2) is 6.21. The summed E-state index contributed by atoms with van der Waals surface area (Å²) in [5.41, 5.74) is 2.06. The molecule has 3 nitrogen and oxygen atoms in total. The zero-order chi connectivity index (χ0) is 13.0. The maximum Gasteiger partial charge on any atom is 0.120 e. The molecule has 2 rings (SSSR count). The van der Waals surface area contributed by atoms with Gasteiger partial charge in [0.15, 0.2) is 0 Å². The second-order valence-corrected chi connectivity index (χ2v) is 5.26. The maximum atomic E-state index is 9.91. The standard InChI is InChI=1S/C15H23NO2/c1-11-3-4-14(15(17)9-11)12(2)16-7-5-13-6-8-18-10-13/h3-4,9,12-13,16-17H,5-8,10H2,1-2H3. The predicted molar refractivity (Wildman–Crippen MR) is 72.8 cm³/mol. The van der Waals surface area contributed by atoms with Crippen LogP contribution in [-0.2, 0) is 4.74 Å². The molecule has 1 aromatic rings. The van der Waals surface area contributed by atoms with E-state index in [1.165, 1.54) is 6.42 Å². The quantitative estimate of drug-likeness (QED) is 0.843. The molecule has 1 saturated heterocycles. The highest BCUT2D eigenvalue weighted by atomic mass is 16.5. The summed E-state index contributed by atoms with van der Waals surface area (Å²) in [5, 5.41) is 13.4. The number of rotatable bonds is 5. The van der Waals surface area contributed by atoms with Crippen LogP contribution in [0.25, 0.3) is 0 Å². The number of benzene rings is 1. The van der Waals surface area contributed by atoms with Gasteiger partial charge >= 0.3 is 0 Å². The Morgan fingerprint density at radius 1 is 1.50 bits per heavy atom. The first kappa shape index (κ1) is 13.4. The van der Waals surface area contributed by atoms with Gasteiger partial charge in [0.05, 0.1) is 0 Å². The molecule has 18 heavy (non-hydrogen) atoms. The molecule has 0 amide bonds. The third-order valence-electron chi connectivity index (χ3n) is 3.68. The van der Waals surface area contributed by atoms with E-state index in [1.54, 1.807) is 0 Å². The summed E-state index contributed by atoms with van der Waals surface area (Å²) >= 11 is 0. The topological polar surface area (TPSA) is 41.5 Å². The molecule has 3 heteroatoms. The van der Waals surface area contributed by atoms with Crippen LogP contribution in [0, 0.1) is 12.8 Å². The average Bonchev–Trinajstić information content (AvgIpc) is 2.81. The molecule has 0 saturated carbocycles. The minimum absolute atomic E-state index is 0.188. The van der Waals surface area contributed by atoms with Crippen molar-refractivity contribution in [2.45, 2.75) is 32.7 Å². The summed E-state index contributed by atoms with van der Waals surface area (Å²) < 4.78 is 5.36. The molecule has 0 aromatic heterocycles. The lowest BCUT2D eigenvalue weighted by atomic mass is 10.0. The minimum atomic E-state index is 0.188. The Bertz CT molecular complexity index is 386. The van der Waals surface area contributed by atoms with E-state index in [1.807, 2.05) is 25.1 Å². The molecule has 1 fully saturated rings. The SMILES string of the molecule is Cc1ccc(C(C)NCCC2CCOC2)c(O)c1. The van der Waals surface area contributed by atoms with Gasteiger partial charge in [-0.3, -0.25) is 0 Å². The molecule has 1 aromatic carbocycles. The monoisotopic (exact) mass is 249 g/mol. The van der Waals surface area contributed by atoms with Gasteiger partial charge in [0, 0.05) is 24.8 Å². The third kappa shape index (κ3) is 3.47. The van der Waals surface area contributed by atoms with Gasteiger partial charge in [-0.2, -0.15) is 0 Å². The van der Waals surface area contributed by atoms with Gasteiger partial charge in [-0.1, -0.05) is 12.1 Å². The first-order valence-electron chi connectivity index (χ1n) is 6.77. The zero-order valence-corrected chi connectivity index (χ0v) is 11.3. The van der Waals surface area contributed by atoms with E-state index in [0.29, 0.717) is 11.7 Å². The molecule has 1 aliphatic rings. The largest absolute Gasteiger partial charge is 0.508 e. The van der Waals surface area contributed by atoms with Gasteiger partial charge in [0.25, 0.3) is 0 Å². The molecule has 0 bridgehead atoms. The van der Waals surface area contributed by atoms with Crippen molar-refractivity contribution in [2.24, 2.45) is 5.92 Å². The molecule has 1 heterocycles. The lowest BCUT2D eigenvalue weighted by molar-refractivity contribution is 0.184. The molecule has 2 N–H and O–H groups in total. The Hall–Kier alpha value is -1.06. The van der Waals surface area contributed by atoms with Crippen LogP contribution in [0.1, 0.15) is 36.9 Å². The van der Waals surface area contributed by atoms with E-state index in [0.717, 1.165) is 37.3 Å². The van der Waals surface area contributed by atoms with E-state index < -0.39 is 0 Å². The third-order valence-corrected chi connectivity index (χ3v) is 3.68. The lowest BCUT2D eigenvalue weighted by Gasteiger charge is -2.17. The summed E-state index contributed by atoms with van der Waals surface area (Å²) in [7, 11) is 0. The average molecular weight is 249 g/mol. The zero-order valence-electron chi connectivity index (χ0n) is 11.3. The summed E-state index contributed by atoms with van der Waals surface area (Å²) in [4.78, 5) is 0. The van der Waals surface area contributed by atoms with Gasteiger partial charge in [-0.15, -0.1) is 0 Å². The van der Waals surface area contributed by atoms with Crippen molar-refractivity contribution in [2.75, 3.05) is 19.8 Å². The Morgan fingerprint density at radius 2 is 2.33 bits per heavy atom. The van der Waals surface area contributed by atoms with Crippen molar-refractivity contribution >= 4 is 0 Å². The number of aromatic hydroxyl groups is 1. The van der Waals surface area contributed by atoms with Crippen LogP contribution >= 0.6 is 0 Å². The first-order chi connectivity index (χ1) is 8.66. The van der Waals surface area contributed by atoms with Crippen LogP contribution in [0.2, 0.25) is 0 Å².